The van der Waals surface area contributed by atoms with Gasteiger partial charge in [-0.1, -0.05) is 38.0 Å². The van der Waals surface area contributed by atoms with E-state index in [2.05, 4.69) is 15.4 Å². The fraction of sp³-hybridized carbons (Fsp3) is 0.588. The summed E-state index contributed by atoms with van der Waals surface area (Å²) in [7, 11) is -3.77. The molecule has 0 radical (unpaired) electrons. The second-order valence-electron chi connectivity index (χ2n) is 13.5. The van der Waals surface area contributed by atoms with E-state index in [1.807, 2.05) is 6.92 Å². The van der Waals surface area contributed by atoms with E-state index < -0.39 is 32.9 Å². The van der Waals surface area contributed by atoms with E-state index in [1.54, 1.807) is 44.2 Å². The van der Waals surface area contributed by atoms with Gasteiger partial charge in [-0.25, -0.2) is 17.2 Å². The molecular formula is C34H45F2N3O5S. The lowest BCUT2D eigenvalue weighted by molar-refractivity contribution is -0.132. The molecule has 246 valence electrons. The number of carbonyl (C=O) groups excluding carboxylic acids is 2. The minimum atomic E-state index is -3.77. The Morgan fingerprint density at radius 2 is 1.82 bits per heavy atom. The molecule has 3 atom stereocenters. The zero-order valence-corrected chi connectivity index (χ0v) is 27.4. The third-order valence-corrected chi connectivity index (χ3v) is 11.3. The van der Waals surface area contributed by atoms with Crippen LogP contribution in [0.3, 0.4) is 0 Å². The molecule has 5 rings (SSSR count). The van der Waals surface area contributed by atoms with E-state index in [1.165, 1.54) is 13.0 Å². The molecule has 8 nitrogen and oxygen atoms in total. The molecule has 1 heterocycles. The number of benzene rings is 2. The molecule has 0 bridgehead atoms. The Bertz CT molecular complexity index is 1560. The van der Waals surface area contributed by atoms with E-state index in [9.17, 15) is 22.4 Å². The monoisotopic (exact) mass is 645 g/mol. The highest BCUT2D eigenvalue weighted by Crippen LogP contribution is 2.43. The normalized spacial score (nSPS) is 24.6. The van der Waals surface area contributed by atoms with Crippen LogP contribution in [0.15, 0.2) is 36.4 Å². The van der Waals surface area contributed by atoms with Crippen molar-refractivity contribution in [2.24, 2.45) is 0 Å². The molecule has 1 saturated heterocycles. The van der Waals surface area contributed by atoms with Crippen LogP contribution < -0.4 is 20.1 Å². The van der Waals surface area contributed by atoms with Gasteiger partial charge < -0.3 is 15.4 Å². The molecule has 1 aliphatic heterocycles. The number of nitrogens with one attached hydrogen (secondary N) is 3. The average molecular weight is 646 g/mol. The predicted octanol–water partition coefficient (Wildman–Crippen LogP) is 5.23. The lowest BCUT2D eigenvalue weighted by atomic mass is 9.82. The molecule has 0 aromatic heterocycles. The van der Waals surface area contributed by atoms with Crippen molar-refractivity contribution >= 4 is 21.8 Å². The van der Waals surface area contributed by atoms with Gasteiger partial charge in [-0.15, -0.1) is 0 Å². The predicted molar refractivity (Wildman–Crippen MR) is 170 cm³/mol. The van der Waals surface area contributed by atoms with Crippen molar-refractivity contribution in [1.82, 2.24) is 15.4 Å². The Balaban J connectivity index is 1.36. The molecule has 2 aromatic carbocycles. The maximum absolute atomic E-state index is 15.7. The maximum atomic E-state index is 15.7. The third kappa shape index (κ3) is 6.89. The van der Waals surface area contributed by atoms with Crippen molar-refractivity contribution < 1.29 is 31.5 Å². The van der Waals surface area contributed by atoms with Crippen LogP contribution in [0.5, 0.6) is 5.75 Å². The van der Waals surface area contributed by atoms with E-state index in [4.69, 9.17) is 4.74 Å². The molecule has 2 amide bonds. The van der Waals surface area contributed by atoms with Gasteiger partial charge in [0.2, 0.25) is 21.6 Å². The first kappa shape index (κ1) is 33.3. The quantitative estimate of drug-likeness (QED) is 0.326. The van der Waals surface area contributed by atoms with E-state index in [0.29, 0.717) is 53.7 Å². The van der Waals surface area contributed by atoms with Gasteiger partial charge in [0, 0.05) is 36.5 Å². The van der Waals surface area contributed by atoms with Crippen LogP contribution in [-0.4, -0.2) is 55.9 Å². The van der Waals surface area contributed by atoms with Gasteiger partial charge in [-0.2, -0.15) is 0 Å². The lowest BCUT2D eigenvalue weighted by Gasteiger charge is -2.26. The maximum Gasteiger partial charge on any atom is 0.259 e. The fourth-order valence-corrected chi connectivity index (χ4v) is 7.78. The summed E-state index contributed by atoms with van der Waals surface area (Å²) in [6, 6.07) is 9.79. The summed E-state index contributed by atoms with van der Waals surface area (Å²) in [5.74, 6) is -1.34. The van der Waals surface area contributed by atoms with Gasteiger partial charge >= 0.3 is 0 Å². The van der Waals surface area contributed by atoms with Crippen LogP contribution in [0.1, 0.15) is 90.2 Å². The summed E-state index contributed by atoms with van der Waals surface area (Å²) in [6.45, 7) is 6.61. The van der Waals surface area contributed by atoms with Crippen LogP contribution in [0.25, 0.3) is 11.1 Å². The molecule has 11 heteroatoms. The second-order valence-corrected chi connectivity index (χ2v) is 15.5. The Morgan fingerprint density at radius 3 is 2.51 bits per heavy atom. The zero-order valence-electron chi connectivity index (χ0n) is 26.6. The summed E-state index contributed by atoms with van der Waals surface area (Å²) < 4.78 is 63.6. The smallest absolute Gasteiger partial charge is 0.259 e. The number of alkyl halides is 1. The molecule has 2 aliphatic carbocycles. The van der Waals surface area contributed by atoms with Crippen LogP contribution in [-0.2, 0) is 31.4 Å². The molecular weight excluding hydrogens is 600 g/mol. The van der Waals surface area contributed by atoms with Crippen molar-refractivity contribution in [2.45, 2.75) is 114 Å². The highest BCUT2D eigenvalue weighted by molar-refractivity contribution is 7.90. The van der Waals surface area contributed by atoms with E-state index in [0.717, 1.165) is 25.7 Å². The highest BCUT2D eigenvalue weighted by Gasteiger charge is 2.54. The molecule has 2 saturated carbocycles. The van der Waals surface area contributed by atoms with Crippen molar-refractivity contribution in [2.75, 3.05) is 12.3 Å². The summed E-state index contributed by atoms with van der Waals surface area (Å²) >= 11 is 0. The standard InChI is InChI=1S/C34H45F2N3O5S/c1-5-25-26(10-9-11-28(25)35)27-18-22(32(3,4)30(40)39-45(42,43)6-2)12-15-29(27)44-24-14-13-23(19-24)38-31(41)34(36)20-33(37-21-34)16-7-8-17-33/h9-12,15,18,23-24,37H,5-8,13-14,16-17,19-21H2,1-4H3,(H,38,41)(H,39,40)/t23-,24-,34-/m1/s1. The largest absolute Gasteiger partial charge is 0.490 e. The molecule has 45 heavy (non-hydrogen) atoms. The first-order valence-electron chi connectivity index (χ1n) is 16.1. The molecule has 2 aromatic rings. The van der Waals surface area contributed by atoms with Crippen LogP contribution in [0, 0.1) is 5.82 Å². The zero-order chi connectivity index (χ0) is 32.6. The van der Waals surface area contributed by atoms with Crippen molar-refractivity contribution in [3.63, 3.8) is 0 Å². The number of sulfonamides is 1. The highest BCUT2D eigenvalue weighted by atomic mass is 32.2. The van der Waals surface area contributed by atoms with Crippen molar-refractivity contribution in [3.8, 4) is 16.9 Å². The van der Waals surface area contributed by atoms with Crippen LogP contribution >= 0.6 is 0 Å². The first-order valence-corrected chi connectivity index (χ1v) is 17.7. The van der Waals surface area contributed by atoms with Gasteiger partial charge in [-0.3, -0.25) is 14.3 Å². The Hall–Kier alpha value is -3.05. The van der Waals surface area contributed by atoms with Crippen LogP contribution in [0.4, 0.5) is 8.78 Å². The molecule has 3 N–H and O–H groups in total. The van der Waals surface area contributed by atoms with E-state index in [-0.39, 0.29) is 42.2 Å². The summed E-state index contributed by atoms with van der Waals surface area (Å²) in [5.41, 5.74) is -1.19. The minimum absolute atomic E-state index is 0.0351. The average Bonchev–Trinajstić information content (AvgIpc) is 3.73. The second kappa shape index (κ2) is 12.6. The molecule has 3 fully saturated rings. The summed E-state index contributed by atoms with van der Waals surface area (Å²) in [6.07, 6.45) is 6.03. The van der Waals surface area contributed by atoms with Gasteiger partial charge in [-0.05, 0) is 87.8 Å². The Kier molecular flexibility index (Phi) is 9.35. The molecule has 3 aliphatic rings. The fourth-order valence-electron chi connectivity index (χ4n) is 7.10. The number of hydrogen-bond donors (Lipinski definition) is 3. The number of halogens is 2. The first-order chi connectivity index (χ1) is 21.2. The van der Waals surface area contributed by atoms with Crippen molar-refractivity contribution in [3.05, 3.63) is 53.3 Å². The lowest BCUT2D eigenvalue weighted by Crippen LogP contribution is -2.48. The van der Waals surface area contributed by atoms with Gasteiger partial charge in [0.05, 0.1) is 11.2 Å². The molecule has 0 unspecified atom stereocenters. The summed E-state index contributed by atoms with van der Waals surface area (Å²) in [5, 5.41) is 6.24. The summed E-state index contributed by atoms with van der Waals surface area (Å²) in [4.78, 5) is 26.2. The Labute approximate surface area is 265 Å². The number of amides is 2. The Morgan fingerprint density at radius 1 is 1.09 bits per heavy atom. The van der Waals surface area contributed by atoms with E-state index >= 15 is 4.39 Å². The molecule has 1 spiro atoms. The minimum Gasteiger partial charge on any atom is -0.490 e. The number of carbonyl (C=O) groups is 2. The topological polar surface area (TPSA) is 114 Å². The van der Waals surface area contributed by atoms with Crippen LogP contribution in [0.2, 0.25) is 0 Å². The SMILES string of the molecule is CCc1c(F)cccc1-c1cc(C(C)(C)C(=O)NS(=O)(=O)CC)ccc1O[C@@H]1CC[C@@H](NC(=O)[C@]2(F)CNC3(CCCC3)C2)C1. The third-order valence-electron chi connectivity index (χ3n) is 10.0. The number of ether oxygens (including phenoxy) is 1. The van der Waals surface area contributed by atoms with Gasteiger partial charge in [0.1, 0.15) is 17.7 Å². The number of hydrogen-bond acceptors (Lipinski definition) is 6. The number of rotatable bonds is 10. The van der Waals surface area contributed by atoms with Crippen molar-refractivity contribution in [1.29, 1.82) is 0 Å². The van der Waals surface area contributed by atoms with Gasteiger partial charge in [0.25, 0.3) is 5.91 Å². The van der Waals surface area contributed by atoms with Gasteiger partial charge in [0.15, 0.2) is 0 Å².